The molecule has 0 bridgehead atoms. The second kappa shape index (κ2) is 4.41. The standard InChI is InChI=1S/C6H13N2.Re/c1-5(2)6-3-4-7-8-6;/h5-7H,3-4H2,1-2H3;/q-1;. The minimum absolute atomic E-state index is 0. The monoisotopic (exact) mass is 300 g/mol. The van der Waals surface area contributed by atoms with E-state index in [1.54, 1.807) is 0 Å². The third-order valence-corrected chi connectivity index (χ3v) is 1.58. The maximum atomic E-state index is 4.19. The SMILES string of the molecule is CC(C)C1CCN[N-]1.[Re]. The summed E-state index contributed by atoms with van der Waals surface area (Å²) < 4.78 is 0. The van der Waals surface area contributed by atoms with Crippen molar-refractivity contribution in [2.75, 3.05) is 6.54 Å². The number of hydrogen-bond acceptors (Lipinski definition) is 1. The van der Waals surface area contributed by atoms with Crippen LogP contribution in [0.2, 0.25) is 0 Å². The summed E-state index contributed by atoms with van der Waals surface area (Å²) in [5, 5.41) is 0. The Morgan fingerprint density at radius 1 is 1.56 bits per heavy atom. The van der Waals surface area contributed by atoms with Crippen molar-refractivity contribution in [1.82, 2.24) is 5.43 Å². The molecule has 1 radical (unpaired) electrons. The topological polar surface area (TPSA) is 26.1 Å². The van der Waals surface area contributed by atoms with E-state index in [4.69, 9.17) is 0 Å². The predicted molar refractivity (Wildman–Crippen MR) is 34.6 cm³/mol. The zero-order valence-electron chi connectivity index (χ0n) is 5.89. The molecule has 1 fully saturated rings. The van der Waals surface area contributed by atoms with E-state index in [-0.39, 0.29) is 20.4 Å². The maximum Gasteiger partial charge on any atom is 0 e. The van der Waals surface area contributed by atoms with E-state index in [0.717, 1.165) is 6.54 Å². The molecule has 55 valence electrons. The largest absolute Gasteiger partial charge is 0.594 e. The Balaban J connectivity index is 0.000000640. The fourth-order valence-electron chi connectivity index (χ4n) is 0.941. The van der Waals surface area contributed by atoms with Crippen LogP contribution in [0.15, 0.2) is 0 Å². The molecule has 1 unspecified atom stereocenters. The van der Waals surface area contributed by atoms with Gasteiger partial charge in [0.05, 0.1) is 0 Å². The maximum absolute atomic E-state index is 4.19. The predicted octanol–water partition coefficient (Wildman–Crippen LogP) is 1.29. The first-order valence-corrected chi connectivity index (χ1v) is 3.23. The van der Waals surface area contributed by atoms with Crippen molar-refractivity contribution < 1.29 is 20.4 Å². The molecule has 0 aromatic carbocycles. The van der Waals surface area contributed by atoms with E-state index in [1.165, 1.54) is 6.42 Å². The molecule has 1 heterocycles. The molecule has 0 saturated carbocycles. The molecule has 0 spiro atoms. The van der Waals surface area contributed by atoms with Crippen molar-refractivity contribution in [3.63, 3.8) is 0 Å². The van der Waals surface area contributed by atoms with E-state index in [2.05, 4.69) is 24.7 Å². The van der Waals surface area contributed by atoms with Crippen molar-refractivity contribution in [2.24, 2.45) is 5.92 Å². The summed E-state index contributed by atoms with van der Waals surface area (Å²) in [4.78, 5) is 0. The third kappa shape index (κ3) is 2.77. The summed E-state index contributed by atoms with van der Waals surface area (Å²) in [5.74, 6) is 0.713. The molecule has 1 N–H and O–H groups in total. The van der Waals surface area contributed by atoms with E-state index in [9.17, 15) is 0 Å². The van der Waals surface area contributed by atoms with Crippen LogP contribution in [0.25, 0.3) is 5.43 Å². The Morgan fingerprint density at radius 2 is 2.22 bits per heavy atom. The zero-order valence-corrected chi connectivity index (χ0v) is 8.61. The van der Waals surface area contributed by atoms with E-state index in [0.29, 0.717) is 12.0 Å². The second-order valence-corrected chi connectivity index (χ2v) is 2.64. The van der Waals surface area contributed by atoms with Gasteiger partial charge in [0, 0.05) is 20.4 Å². The summed E-state index contributed by atoms with van der Waals surface area (Å²) >= 11 is 0. The molecular formula is C6H13N2Re-. The van der Waals surface area contributed by atoms with E-state index in [1.807, 2.05) is 0 Å². The van der Waals surface area contributed by atoms with Crippen LogP contribution in [0.4, 0.5) is 0 Å². The van der Waals surface area contributed by atoms with E-state index >= 15 is 0 Å². The molecule has 0 aliphatic carbocycles. The fraction of sp³-hybridized carbons (Fsp3) is 1.00. The van der Waals surface area contributed by atoms with Crippen molar-refractivity contribution in [1.29, 1.82) is 0 Å². The average molecular weight is 299 g/mol. The Labute approximate surface area is 70.4 Å². The molecule has 9 heavy (non-hydrogen) atoms. The first kappa shape index (κ1) is 9.58. The van der Waals surface area contributed by atoms with Crippen molar-refractivity contribution in [2.45, 2.75) is 26.3 Å². The van der Waals surface area contributed by atoms with Crippen LogP contribution >= 0.6 is 0 Å². The molecule has 0 amide bonds. The number of nitrogens with zero attached hydrogens (tertiary/aromatic N) is 1. The van der Waals surface area contributed by atoms with Gasteiger partial charge in [-0.1, -0.05) is 26.2 Å². The minimum Gasteiger partial charge on any atom is -0.594 e. The Hall–Kier alpha value is 0.582. The molecule has 1 aliphatic heterocycles. The molecule has 1 saturated heterocycles. The van der Waals surface area contributed by atoms with Crippen molar-refractivity contribution >= 4 is 0 Å². The second-order valence-electron chi connectivity index (χ2n) is 2.64. The normalized spacial score (nSPS) is 26.3. The minimum atomic E-state index is 0. The molecular weight excluding hydrogens is 286 g/mol. The van der Waals surface area contributed by atoms with Crippen LogP contribution in [-0.4, -0.2) is 12.6 Å². The first-order valence-electron chi connectivity index (χ1n) is 3.23. The molecule has 1 atom stereocenters. The Kier molecular flexibility index (Phi) is 4.69. The summed E-state index contributed by atoms with van der Waals surface area (Å²) in [6.07, 6.45) is 1.22. The van der Waals surface area contributed by atoms with Crippen LogP contribution in [0.3, 0.4) is 0 Å². The molecule has 3 heteroatoms. The molecule has 1 rings (SSSR count). The van der Waals surface area contributed by atoms with Gasteiger partial charge in [0.2, 0.25) is 0 Å². The van der Waals surface area contributed by atoms with Gasteiger partial charge in [0.25, 0.3) is 0 Å². The third-order valence-electron chi connectivity index (χ3n) is 1.58. The van der Waals surface area contributed by atoms with Gasteiger partial charge >= 0.3 is 0 Å². The molecule has 0 aromatic heterocycles. The number of nitrogens with one attached hydrogen (secondary N) is 1. The van der Waals surface area contributed by atoms with Gasteiger partial charge in [-0.05, 0) is 6.54 Å². The van der Waals surface area contributed by atoms with Gasteiger partial charge in [-0.15, -0.1) is 6.04 Å². The van der Waals surface area contributed by atoms with Gasteiger partial charge < -0.3 is 10.9 Å². The summed E-state index contributed by atoms with van der Waals surface area (Å²) in [7, 11) is 0. The van der Waals surface area contributed by atoms with Crippen LogP contribution in [0.5, 0.6) is 0 Å². The van der Waals surface area contributed by atoms with Crippen LogP contribution in [0.1, 0.15) is 20.3 Å². The summed E-state index contributed by atoms with van der Waals surface area (Å²) in [6, 6.07) is 0.579. The fourth-order valence-corrected chi connectivity index (χ4v) is 0.941. The molecule has 2 nitrogen and oxygen atoms in total. The summed E-state index contributed by atoms with van der Waals surface area (Å²) in [5.41, 5.74) is 7.16. The van der Waals surface area contributed by atoms with Crippen LogP contribution < -0.4 is 5.43 Å². The molecule has 0 aromatic rings. The van der Waals surface area contributed by atoms with Crippen molar-refractivity contribution in [3.05, 3.63) is 5.43 Å². The number of hydrogen-bond donors (Lipinski definition) is 1. The number of rotatable bonds is 1. The zero-order chi connectivity index (χ0) is 5.98. The first-order chi connectivity index (χ1) is 3.80. The smallest absolute Gasteiger partial charge is 0 e. The van der Waals surface area contributed by atoms with Crippen molar-refractivity contribution in [3.8, 4) is 0 Å². The average Bonchev–Trinajstić information content (AvgIpc) is 2.12. The Morgan fingerprint density at radius 3 is 2.44 bits per heavy atom. The van der Waals surface area contributed by atoms with Gasteiger partial charge in [-0.25, -0.2) is 0 Å². The van der Waals surface area contributed by atoms with Crippen LogP contribution in [-0.2, 0) is 20.4 Å². The van der Waals surface area contributed by atoms with Crippen LogP contribution in [0, 0.1) is 5.92 Å². The van der Waals surface area contributed by atoms with E-state index < -0.39 is 0 Å². The van der Waals surface area contributed by atoms with Gasteiger partial charge in [0.15, 0.2) is 0 Å². The Bertz CT molecular complexity index is 69.5. The summed E-state index contributed by atoms with van der Waals surface area (Å²) in [6.45, 7) is 5.49. The quantitative estimate of drug-likeness (QED) is 0.776. The van der Waals surface area contributed by atoms with Gasteiger partial charge in [-0.3, -0.25) is 0 Å². The molecule has 1 aliphatic rings. The van der Waals surface area contributed by atoms with Gasteiger partial charge in [-0.2, -0.15) is 0 Å². The van der Waals surface area contributed by atoms with Gasteiger partial charge in [0.1, 0.15) is 0 Å².